The van der Waals surface area contributed by atoms with Crippen molar-refractivity contribution in [2.45, 2.75) is 18.8 Å². The van der Waals surface area contributed by atoms with Crippen LogP contribution in [-0.2, 0) is 17.5 Å². The van der Waals surface area contributed by atoms with Crippen LogP contribution in [0.3, 0.4) is 0 Å². The van der Waals surface area contributed by atoms with Crippen LogP contribution in [0.2, 0.25) is 0 Å². The Hall–Kier alpha value is -1.46. The van der Waals surface area contributed by atoms with Gasteiger partial charge < -0.3 is 14.4 Å². The summed E-state index contributed by atoms with van der Waals surface area (Å²) < 4.78 is 7.16. The van der Waals surface area contributed by atoms with E-state index in [4.69, 9.17) is 9.84 Å². The lowest BCUT2D eigenvalue weighted by atomic mass is 10.1. The zero-order valence-corrected chi connectivity index (χ0v) is 11.9. The van der Waals surface area contributed by atoms with E-state index in [-0.39, 0.29) is 6.61 Å². The van der Waals surface area contributed by atoms with Gasteiger partial charge in [0, 0.05) is 29.4 Å². The van der Waals surface area contributed by atoms with Crippen LogP contribution in [0.5, 0.6) is 0 Å². The third-order valence-electron chi connectivity index (χ3n) is 3.15. The van der Waals surface area contributed by atoms with Crippen LogP contribution in [0.4, 0.5) is 0 Å². The van der Waals surface area contributed by atoms with E-state index < -0.39 is 12.1 Å². The number of rotatable bonds is 4. The molecule has 1 N–H and O–H groups in total. The topological polar surface area (TPSA) is 51.5 Å². The van der Waals surface area contributed by atoms with Crippen LogP contribution in [0.25, 0.3) is 10.9 Å². The van der Waals surface area contributed by atoms with Crippen LogP contribution in [0, 0.1) is 0 Å². The Morgan fingerprint density at radius 3 is 2.79 bits per heavy atom. The highest BCUT2D eigenvalue weighted by atomic mass is 32.1. The summed E-state index contributed by atoms with van der Waals surface area (Å²) in [6, 6.07) is 7.66. The van der Waals surface area contributed by atoms with E-state index in [0.717, 1.165) is 16.6 Å². The third kappa shape index (κ3) is 2.48. The first-order valence-electron chi connectivity index (χ1n) is 6.09. The number of carbonyl (C=O) groups excluding carboxylic acids is 1. The van der Waals surface area contributed by atoms with Crippen molar-refractivity contribution < 1.29 is 14.6 Å². The highest BCUT2D eigenvalue weighted by molar-refractivity contribution is 7.79. The molecule has 0 bridgehead atoms. The van der Waals surface area contributed by atoms with Gasteiger partial charge in [0.05, 0.1) is 12.2 Å². The number of esters is 1. The Balaban J connectivity index is 2.55. The van der Waals surface area contributed by atoms with Crippen molar-refractivity contribution >= 4 is 29.5 Å². The highest BCUT2D eigenvalue weighted by Gasteiger charge is 2.22. The zero-order valence-electron chi connectivity index (χ0n) is 11.0. The Bertz CT molecular complexity index is 606. The summed E-state index contributed by atoms with van der Waals surface area (Å²) in [5.74, 6) is 0.0331. The average Bonchev–Trinajstić information content (AvgIpc) is 2.71. The minimum atomic E-state index is -0.515. The van der Waals surface area contributed by atoms with Crippen molar-refractivity contribution in [1.29, 1.82) is 0 Å². The molecule has 1 atom stereocenters. The van der Waals surface area contributed by atoms with Gasteiger partial charge >= 0.3 is 5.97 Å². The van der Waals surface area contributed by atoms with Crippen molar-refractivity contribution in [3.05, 3.63) is 35.5 Å². The van der Waals surface area contributed by atoms with Crippen molar-refractivity contribution in [3.8, 4) is 0 Å². The third-order valence-corrected chi connectivity index (χ3v) is 3.45. The molecule has 102 valence electrons. The van der Waals surface area contributed by atoms with E-state index in [0.29, 0.717) is 11.3 Å². The quantitative estimate of drug-likeness (QED) is 0.666. The molecule has 0 spiro atoms. The Kier molecular flexibility index (Phi) is 4.17. The number of aliphatic hydroxyl groups excluding tert-OH is 1. The maximum Gasteiger partial charge on any atom is 0.340 e. The van der Waals surface area contributed by atoms with Gasteiger partial charge in [-0.3, -0.25) is 0 Å². The van der Waals surface area contributed by atoms with Crippen LogP contribution < -0.4 is 0 Å². The van der Waals surface area contributed by atoms with E-state index in [1.165, 1.54) is 0 Å². The van der Waals surface area contributed by atoms with E-state index in [9.17, 15) is 4.79 Å². The number of thiol groups is 1. The fraction of sp³-hybridized carbons (Fsp3) is 0.357. The smallest absolute Gasteiger partial charge is 0.340 e. The normalized spacial score (nSPS) is 12.6. The number of aromatic nitrogens is 1. The van der Waals surface area contributed by atoms with E-state index in [1.807, 2.05) is 35.9 Å². The second-order valence-electron chi connectivity index (χ2n) is 4.45. The van der Waals surface area contributed by atoms with Gasteiger partial charge in [-0.25, -0.2) is 4.79 Å². The summed E-state index contributed by atoms with van der Waals surface area (Å²) in [6.45, 7) is 1.47. The molecule has 5 heteroatoms. The summed E-state index contributed by atoms with van der Waals surface area (Å²) in [4.78, 5) is 12.2. The molecule has 1 heterocycles. The average molecular weight is 279 g/mol. The predicted molar refractivity (Wildman–Crippen MR) is 77.6 cm³/mol. The molecule has 1 aromatic heterocycles. The maximum absolute atomic E-state index is 12.2. The van der Waals surface area contributed by atoms with Gasteiger partial charge in [0.25, 0.3) is 0 Å². The highest BCUT2D eigenvalue weighted by Crippen LogP contribution is 2.27. The molecule has 19 heavy (non-hydrogen) atoms. The van der Waals surface area contributed by atoms with Crippen LogP contribution in [-0.4, -0.2) is 28.4 Å². The van der Waals surface area contributed by atoms with Gasteiger partial charge in [-0.1, -0.05) is 18.2 Å². The summed E-state index contributed by atoms with van der Waals surface area (Å²) in [6.07, 6.45) is -0.515. The second kappa shape index (κ2) is 5.67. The number of hydrogen-bond acceptors (Lipinski definition) is 4. The predicted octanol–water partition coefficient (Wildman–Crippen LogP) is 2.15. The molecule has 2 rings (SSSR count). The van der Waals surface area contributed by atoms with Crippen molar-refractivity contribution in [1.82, 2.24) is 4.57 Å². The first-order valence-corrected chi connectivity index (χ1v) is 6.72. The molecule has 0 aliphatic rings. The molecule has 1 unspecified atom stereocenters. The minimum absolute atomic E-state index is 0.188. The molecule has 1 aromatic carbocycles. The molecule has 4 nitrogen and oxygen atoms in total. The molecule has 2 aromatic rings. The van der Waals surface area contributed by atoms with Crippen LogP contribution in [0.15, 0.2) is 24.3 Å². The summed E-state index contributed by atoms with van der Waals surface area (Å²) in [5.41, 5.74) is 2.32. The van der Waals surface area contributed by atoms with E-state index in [1.54, 1.807) is 6.92 Å². The minimum Gasteiger partial charge on any atom is -0.457 e. The van der Waals surface area contributed by atoms with E-state index >= 15 is 0 Å². The molecule has 0 radical (unpaired) electrons. The largest absolute Gasteiger partial charge is 0.457 e. The number of para-hydroxylation sites is 1. The Morgan fingerprint density at radius 1 is 1.47 bits per heavy atom. The first-order chi connectivity index (χ1) is 9.10. The number of aryl methyl sites for hydroxylation is 1. The Labute approximate surface area is 117 Å². The van der Waals surface area contributed by atoms with Gasteiger partial charge in [-0.15, -0.1) is 0 Å². The van der Waals surface area contributed by atoms with Crippen molar-refractivity contribution in [3.63, 3.8) is 0 Å². The zero-order chi connectivity index (χ0) is 14.0. The fourth-order valence-electron chi connectivity index (χ4n) is 2.14. The van der Waals surface area contributed by atoms with Gasteiger partial charge in [-0.2, -0.15) is 12.6 Å². The number of hydrogen-bond donors (Lipinski definition) is 2. The van der Waals surface area contributed by atoms with Crippen LogP contribution >= 0.6 is 12.6 Å². The molecule has 0 amide bonds. The maximum atomic E-state index is 12.2. The van der Waals surface area contributed by atoms with E-state index in [2.05, 4.69) is 12.6 Å². The molecule has 0 aliphatic heterocycles. The van der Waals surface area contributed by atoms with Crippen molar-refractivity contribution in [2.24, 2.45) is 7.05 Å². The Morgan fingerprint density at radius 2 is 2.16 bits per heavy atom. The van der Waals surface area contributed by atoms with Crippen LogP contribution in [0.1, 0.15) is 23.0 Å². The lowest BCUT2D eigenvalue weighted by Gasteiger charge is -2.11. The number of aliphatic hydroxyl groups is 1. The van der Waals surface area contributed by atoms with Crippen molar-refractivity contribution in [2.75, 3.05) is 6.61 Å². The molecule has 0 saturated heterocycles. The standard InChI is InChI=1S/C14H17NO3S/c1-9(7-16)18-14(17)13-10-5-3-4-6-11(10)15(2)12(13)8-19/h3-6,9,16,19H,7-8H2,1-2H3. The summed E-state index contributed by atoms with van der Waals surface area (Å²) in [7, 11) is 1.90. The molecular weight excluding hydrogens is 262 g/mol. The summed E-state index contributed by atoms with van der Waals surface area (Å²) >= 11 is 4.29. The van der Waals surface area contributed by atoms with Gasteiger partial charge in [0.2, 0.25) is 0 Å². The fourth-order valence-corrected chi connectivity index (χ4v) is 2.51. The van der Waals surface area contributed by atoms with Gasteiger partial charge in [0.15, 0.2) is 0 Å². The lowest BCUT2D eigenvalue weighted by molar-refractivity contribution is 0.0198. The number of ether oxygens (including phenoxy) is 1. The lowest BCUT2D eigenvalue weighted by Crippen LogP contribution is -2.19. The SMILES string of the molecule is CC(CO)OC(=O)c1c(CS)n(C)c2ccccc12. The first kappa shape index (κ1) is 14.0. The molecule has 0 aliphatic carbocycles. The molecule has 0 fully saturated rings. The number of benzene rings is 1. The number of nitrogens with zero attached hydrogens (tertiary/aromatic N) is 1. The van der Waals surface area contributed by atoms with Gasteiger partial charge in [0.1, 0.15) is 6.10 Å². The number of carbonyl (C=O) groups is 1. The second-order valence-corrected chi connectivity index (χ2v) is 4.77. The molecule has 0 saturated carbocycles. The molecular formula is C14H17NO3S. The number of fused-ring (bicyclic) bond motifs is 1. The van der Waals surface area contributed by atoms with Gasteiger partial charge in [-0.05, 0) is 13.0 Å². The summed E-state index contributed by atoms with van der Waals surface area (Å²) in [5, 5.41) is 9.83. The monoisotopic (exact) mass is 279 g/mol.